The highest BCUT2D eigenvalue weighted by Gasteiger charge is 2.35. The van der Waals surface area contributed by atoms with E-state index in [1.165, 1.54) is 12.4 Å². The van der Waals surface area contributed by atoms with Crippen molar-refractivity contribution in [3.05, 3.63) is 18.1 Å². The van der Waals surface area contributed by atoms with E-state index in [2.05, 4.69) is 20.7 Å². The van der Waals surface area contributed by atoms with Gasteiger partial charge in [0, 0.05) is 25.6 Å². The van der Waals surface area contributed by atoms with E-state index in [0.29, 0.717) is 36.9 Å². The van der Waals surface area contributed by atoms with Crippen molar-refractivity contribution in [3.8, 4) is 0 Å². The predicted molar refractivity (Wildman–Crippen MR) is 75.0 cm³/mol. The number of piperidine rings is 2. The summed E-state index contributed by atoms with van der Waals surface area (Å²) in [4.78, 5) is 33.7. The first-order chi connectivity index (χ1) is 10.2. The number of nitrogens with zero attached hydrogens (tertiary/aromatic N) is 3. The zero-order valence-electron chi connectivity index (χ0n) is 11.6. The Bertz CT molecular complexity index is 546. The summed E-state index contributed by atoms with van der Waals surface area (Å²) in [5, 5.41) is 3.01. The minimum absolute atomic E-state index is 0.117. The molecule has 0 spiro atoms. The molecule has 21 heavy (non-hydrogen) atoms. The first-order valence-corrected chi connectivity index (χ1v) is 7.04. The van der Waals surface area contributed by atoms with E-state index in [0.717, 1.165) is 12.8 Å². The average molecular weight is 290 g/mol. The number of hydrogen-bond acceptors (Lipinski definition) is 6. The van der Waals surface area contributed by atoms with E-state index in [-0.39, 0.29) is 17.9 Å². The van der Waals surface area contributed by atoms with Crippen LogP contribution in [-0.4, -0.2) is 45.8 Å². The van der Waals surface area contributed by atoms with Crippen molar-refractivity contribution in [2.45, 2.75) is 25.3 Å². The number of hydrazine groups is 1. The number of fused-ring (bicyclic) bond motifs is 1. The number of carbonyl (C=O) groups excluding carboxylic acids is 2. The summed E-state index contributed by atoms with van der Waals surface area (Å²) in [7, 11) is 0. The van der Waals surface area contributed by atoms with Gasteiger partial charge in [-0.05, 0) is 18.8 Å². The van der Waals surface area contributed by atoms with Crippen molar-refractivity contribution >= 4 is 17.6 Å². The molecule has 2 unspecified atom stereocenters. The van der Waals surface area contributed by atoms with Gasteiger partial charge in [-0.2, -0.15) is 0 Å². The van der Waals surface area contributed by atoms with E-state index >= 15 is 0 Å². The van der Waals surface area contributed by atoms with Gasteiger partial charge in [-0.1, -0.05) is 0 Å². The van der Waals surface area contributed by atoms with E-state index in [9.17, 15) is 9.59 Å². The van der Waals surface area contributed by atoms with Gasteiger partial charge in [-0.3, -0.25) is 9.59 Å². The zero-order valence-corrected chi connectivity index (χ0v) is 11.6. The summed E-state index contributed by atoms with van der Waals surface area (Å²) >= 11 is 0. The number of aromatic nitrogens is 2. The first-order valence-electron chi connectivity index (χ1n) is 7.04. The summed E-state index contributed by atoms with van der Waals surface area (Å²) in [6, 6.07) is 0.199. The molecule has 2 fully saturated rings. The Kier molecular flexibility index (Phi) is 3.70. The van der Waals surface area contributed by atoms with Gasteiger partial charge in [0.25, 0.3) is 5.91 Å². The monoisotopic (exact) mass is 290 g/mol. The van der Waals surface area contributed by atoms with Crippen molar-refractivity contribution in [2.75, 3.05) is 18.5 Å². The van der Waals surface area contributed by atoms with Crippen molar-refractivity contribution in [2.24, 2.45) is 11.8 Å². The van der Waals surface area contributed by atoms with Crippen LogP contribution < -0.4 is 16.6 Å². The van der Waals surface area contributed by atoms with Crippen LogP contribution in [-0.2, 0) is 4.79 Å². The van der Waals surface area contributed by atoms with Crippen LogP contribution in [0.5, 0.6) is 0 Å². The van der Waals surface area contributed by atoms with Crippen LogP contribution in [0.25, 0.3) is 0 Å². The minimum Gasteiger partial charge on any atom is -0.353 e. The van der Waals surface area contributed by atoms with Crippen molar-refractivity contribution in [1.29, 1.82) is 0 Å². The van der Waals surface area contributed by atoms with Gasteiger partial charge in [0.2, 0.25) is 5.91 Å². The van der Waals surface area contributed by atoms with E-state index in [1.807, 2.05) is 0 Å². The smallest absolute Gasteiger partial charge is 0.274 e. The molecule has 112 valence electrons. The van der Waals surface area contributed by atoms with Crippen LogP contribution in [0.2, 0.25) is 0 Å². The lowest BCUT2D eigenvalue weighted by Gasteiger charge is -2.41. The van der Waals surface area contributed by atoms with Crippen LogP contribution in [0.15, 0.2) is 12.4 Å². The van der Waals surface area contributed by atoms with Crippen LogP contribution in [0.4, 0.5) is 5.82 Å². The molecule has 2 atom stereocenters. The second-order valence-electron chi connectivity index (χ2n) is 5.44. The molecule has 0 aliphatic carbocycles. The van der Waals surface area contributed by atoms with E-state index in [1.54, 1.807) is 4.90 Å². The lowest BCUT2D eigenvalue weighted by Crippen LogP contribution is -2.55. The summed E-state index contributed by atoms with van der Waals surface area (Å²) in [5.41, 5.74) is 2.69. The average Bonchev–Trinajstić information content (AvgIpc) is 2.53. The molecular formula is C13H18N6O2. The maximum atomic E-state index is 12.4. The molecular weight excluding hydrogens is 272 g/mol. The number of carbonyl (C=O) groups is 2. The molecule has 3 rings (SSSR count). The fraction of sp³-hybridized carbons (Fsp3) is 0.538. The number of rotatable bonds is 2. The molecule has 0 saturated carbocycles. The quantitative estimate of drug-likeness (QED) is 0.500. The Labute approximate surface area is 122 Å². The molecule has 0 aromatic carbocycles. The molecule has 2 saturated heterocycles. The third kappa shape index (κ3) is 2.80. The third-order valence-electron chi connectivity index (χ3n) is 4.13. The molecule has 1 aromatic rings. The van der Waals surface area contributed by atoms with Crippen LogP contribution in [0.1, 0.15) is 29.8 Å². The largest absolute Gasteiger partial charge is 0.353 e. The molecule has 2 aliphatic heterocycles. The van der Waals surface area contributed by atoms with E-state index < -0.39 is 0 Å². The molecule has 8 heteroatoms. The highest BCUT2D eigenvalue weighted by molar-refractivity contribution is 5.92. The van der Waals surface area contributed by atoms with Crippen LogP contribution in [0, 0.1) is 5.92 Å². The lowest BCUT2D eigenvalue weighted by atomic mass is 9.85. The lowest BCUT2D eigenvalue weighted by molar-refractivity contribution is -0.125. The summed E-state index contributed by atoms with van der Waals surface area (Å²) < 4.78 is 0. The normalized spacial score (nSPS) is 25.0. The number of anilines is 1. The van der Waals surface area contributed by atoms with Gasteiger partial charge in [0.05, 0.1) is 12.4 Å². The third-order valence-corrected chi connectivity index (χ3v) is 4.13. The number of amides is 2. The van der Waals surface area contributed by atoms with Gasteiger partial charge in [-0.15, -0.1) is 0 Å². The van der Waals surface area contributed by atoms with Crippen LogP contribution >= 0.6 is 0 Å². The summed E-state index contributed by atoms with van der Waals surface area (Å²) in [6.45, 7) is 1.28. The Morgan fingerprint density at radius 1 is 1.38 bits per heavy atom. The van der Waals surface area contributed by atoms with Gasteiger partial charge >= 0.3 is 0 Å². The molecule has 2 amide bonds. The molecule has 1 aromatic heterocycles. The zero-order chi connectivity index (χ0) is 14.8. The number of hydrogen-bond donors (Lipinski definition) is 3. The summed E-state index contributed by atoms with van der Waals surface area (Å²) in [6.07, 6.45) is 5.02. The second kappa shape index (κ2) is 5.65. The first kappa shape index (κ1) is 13.7. The molecule has 0 radical (unpaired) electrons. The number of likely N-dealkylation sites (tertiary alicyclic amines) is 1. The molecule has 0 bridgehead atoms. The Hall–Kier alpha value is -2.22. The highest BCUT2D eigenvalue weighted by atomic mass is 16.2. The second-order valence-corrected chi connectivity index (χ2v) is 5.44. The Morgan fingerprint density at radius 3 is 2.95 bits per heavy atom. The van der Waals surface area contributed by atoms with Gasteiger partial charge in [-0.25, -0.2) is 15.8 Å². The Morgan fingerprint density at radius 2 is 2.24 bits per heavy atom. The highest BCUT2D eigenvalue weighted by Crippen LogP contribution is 2.26. The standard InChI is InChI=1S/C13H18N6O2/c14-18-11-6-15-10(5-16-11)13(21)19-4-3-9-8(7-19)1-2-12(20)17-9/h5-6,8-9H,1-4,7,14H2,(H,16,18)(H,17,20). The molecule has 2 aliphatic rings. The number of nitrogens with two attached hydrogens (primary N) is 1. The van der Waals surface area contributed by atoms with Gasteiger partial charge < -0.3 is 15.6 Å². The molecule has 4 N–H and O–H groups in total. The van der Waals surface area contributed by atoms with Crippen molar-refractivity contribution in [3.63, 3.8) is 0 Å². The van der Waals surface area contributed by atoms with Crippen molar-refractivity contribution < 1.29 is 9.59 Å². The maximum absolute atomic E-state index is 12.4. The van der Waals surface area contributed by atoms with Crippen LogP contribution in [0.3, 0.4) is 0 Å². The number of nitrogens with one attached hydrogen (secondary N) is 2. The fourth-order valence-corrected chi connectivity index (χ4v) is 2.97. The molecule has 3 heterocycles. The fourth-order valence-electron chi connectivity index (χ4n) is 2.97. The van der Waals surface area contributed by atoms with E-state index in [4.69, 9.17) is 5.84 Å². The maximum Gasteiger partial charge on any atom is 0.274 e. The Balaban J connectivity index is 1.67. The SMILES string of the molecule is NNc1cnc(C(=O)N2CCC3NC(=O)CCC3C2)cn1. The summed E-state index contributed by atoms with van der Waals surface area (Å²) in [5.74, 6) is 5.96. The minimum atomic E-state index is -0.124. The van der Waals surface area contributed by atoms with Crippen molar-refractivity contribution in [1.82, 2.24) is 20.2 Å². The topological polar surface area (TPSA) is 113 Å². The number of nitrogen functional groups attached to an aromatic ring is 1. The predicted octanol–water partition coefficient (Wildman–Crippen LogP) is -0.497. The molecule has 8 nitrogen and oxygen atoms in total. The van der Waals surface area contributed by atoms with Gasteiger partial charge in [0.15, 0.2) is 5.82 Å². The van der Waals surface area contributed by atoms with Gasteiger partial charge in [0.1, 0.15) is 5.69 Å².